The molecule has 0 N–H and O–H groups in total. The number of halogens is 2. The molecule has 0 radical (unpaired) electrons. The van der Waals surface area contributed by atoms with Crippen LogP contribution in [0.25, 0.3) is 22.6 Å². The van der Waals surface area contributed by atoms with Crippen LogP contribution in [0.2, 0.25) is 10.0 Å². The second kappa shape index (κ2) is 7.85. The number of benzene rings is 2. The molecule has 0 aliphatic carbocycles. The lowest BCUT2D eigenvalue weighted by Crippen LogP contribution is -2.12. The van der Waals surface area contributed by atoms with E-state index in [1.165, 1.54) is 0 Å². The molecular formula is C20H16Cl2N2O2. The van der Waals surface area contributed by atoms with Crippen molar-refractivity contribution >= 4 is 29.2 Å². The number of carbonyl (C=O) groups excluding carboxylic acids is 1. The number of esters is 1. The van der Waals surface area contributed by atoms with Crippen molar-refractivity contribution in [2.45, 2.75) is 13.8 Å². The Morgan fingerprint density at radius 3 is 2.27 bits per heavy atom. The Labute approximate surface area is 161 Å². The van der Waals surface area contributed by atoms with Crippen LogP contribution in [0.15, 0.2) is 48.5 Å². The fourth-order valence-electron chi connectivity index (χ4n) is 2.64. The van der Waals surface area contributed by atoms with Gasteiger partial charge in [0.05, 0.1) is 18.0 Å². The second-order valence-corrected chi connectivity index (χ2v) is 6.47. The number of aryl methyl sites for hydroxylation is 1. The van der Waals surface area contributed by atoms with Crippen molar-refractivity contribution in [3.63, 3.8) is 0 Å². The first-order valence-corrected chi connectivity index (χ1v) is 8.83. The molecule has 0 saturated carbocycles. The molecule has 6 heteroatoms. The first-order chi connectivity index (χ1) is 12.5. The molecule has 1 aromatic heterocycles. The van der Waals surface area contributed by atoms with Crippen LogP contribution in [0, 0.1) is 6.92 Å². The van der Waals surface area contributed by atoms with E-state index in [0.29, 0.717) is 38.4 Å². The molecule has 3 rings (SSSR count). The van der Waals surface area contributed by atoms with E-state index in [0.717, 1.165) is 5.56 Å². The normalized spacial score (nSPS) is 10.6. The van der Waals surface area contributed by atoms with Crippen molar-refractivity contribution in [1.29, 1.82) is 0 Å². The SMILES string of the molecule is CCOC(=O)c1c(C)nc(-c2cc(Cl)cc(Cl)c2)nc1-c1ccccc1. The Morgan fingerprint density at radius 2 is 1.65 bits per heavy atom. The molecule has 0 amide bonds. The quantitative estimate of drug-likeness (QED) is 0.547. The van der Waals surface area contributed by atoms with Crippen LogP contribution in [0.4, 0.5) is 0 Å². The Morgan fingerprint density at radius 1 is 1.00 bits per heavy atom. The Balaban J connectivity index is 2.24. The van der Waals surface area contributed by atoms with Gasteiger partial charge in [0.15, 0.2) is 5.82 Å². The van der Waals surface area contributed by atoms with Crippen molar-refractivity contribution in [3.8, 4) is 22.6 Å². The molecule has 0 atom stereocenters. The van der Waals surface area contributed by atoms with E-state index in [1.54, 1.807) is 32.0 Å². The van der Waals surface area contributed by atoms with E-state index in [4.69, 9.17) is 27.9 Å². The number of rotatable bonds is 4. The Kier molecular flexibility index (Phi) is 5.55. The summed E-state index contributed by atoms with van der Waals surface area (Å²) in [6, 6.07) is 14.6. The second-order valence-electron chi connectivity index (χ2n) is 5.60. The first kappa shape index (κ1) is 18.4. The standard InChI is InChI=1S/C20H16Cl2N2O2/c1-3-26-20(25)17-12(2)23-19(14-9-15(21)11-16(22)10-14)24-18(17)13-7-5-4-6-8-13/h4-11H,3H2,1-2H3. The predicted octanol–water partition coefficient (Wildman–Crippen LogP) is 5.60. The van der Waals surface area contributed by atoms with E-state index in [-0.39, 0.29) is 6.61 Å². The lowest BCUT2D eigenvalue weighted by atomic mass is 10.0. The molecule has 3 aromatic rings. The van der Waals surface area contributed by atoms with Crippen LogP contribution < -0.4 is 0 Å². The molecule has 26 heavy (non-hydrogen) atoms. The van der Waals surface area contributed by atoms with Gasteiger partial charge in [-0.25, -0.2) is 14.8 Å². The largest absolute Gasteiger partial charge is 0.462 e. The van der Waals surface area contributed by atoms with Gasteiger partial charge in [0.25, 0.3) is 0 Å². The van der Waals surface area contributed by atoms with Crippen LogP contribution in [-0.4, -0.2) is 22.5 Å². The molecule has 0 saturated heterocycles. The van der Waals surface area contributed by atoms with E-state index in [1.807, 2.05) is 30.3 Å². The summed E-state index contributed by atoms with van der Waals surface area (Å²) in [5.41, 5.74) is 2.88. The van der Waals surface area contributed by atoms with Crippen LogP contribution in [0.3, 0.4) is 0 Å². The van der Waals surface area contributed by atoms with Gasteiger partial charge < -0.3 is 4.74 Å². The number of hydrogen-bond donors (Lipinski definition) is 0. The lowest BCUT2D eigenvalue weighted by Gasteiger charge is -2.13. The zero-order valence-electron chi connectivity index (χ0n) is 14.3. The van der Waals surface area contributed by atoms with Gasteiger partial charge >= 0.3 is 5.97 Å². The van der Waals surface area contributed by atoms with Crippen LogP contribution in [0.5, 0.6) is 0 Å². The summed E-state index contributed by atoms with van der Waals surface area (Å²) < 4.78 is 5.19. The first-order valence-electron chi connectivity index (χ1n) is 8.07. The lowest BCUT2D eigenvalue weighted by molar-refractivity contribution is 0.0525. The minimum absolute atomic E-state index is 0.276. The third-order valence-corrected chi connectivity index (χ3v) is 4.17. The van der Waals surface area contributed by atoms with Crippen LogP contribution in [0.1, 0.15) is 23.0 Å². The fraction of sp³-hybridized carbons (Fsp3) is 0.150. The maximum atomic E-state index is 12.5. The van der Waals surface area contributed by atoms with Crippen LogP contribution >= 0.6 is 23.2 Å². The molecule has 2 aromatic carbocycles. The smallest absolute Gasteiger partial charge is 0.342 e. The van der Waals surface area contributed by atoms with Gasteiger partial charge in [-0.2, -0.15) is 0 Å². The summed E-state index contributed by atoms with van der Waals surface area (Å²) in [5.74, 6) is -0.00155. The minimum Gasteiger partial charge on any atom is -0.462 e. The fourth-order valence-corrected chi connectivity index (χ4v) is 3.16. The summed E-state index contributed by atoms with van der Waals surface area (Å²) in [5, 5.41) is 0.981. The minimum atomic E-state index is -0.445. The summed E-state index contributed by atoms with van der Waals surface area (Å²) >= 11 is 12.2. The summed E-state index contributed by atoms with van der Waals surface area (Å²) in [6.07, 6.45) is 0. The number of carbonyl (C=O) groups is 1. The monoisotopic (exact) mass is 386 g/mol. The Hall–Kier alpha value is -2.43. The molecule has 0 spiro atoms. The van der Waals surface area contributed by atoms with E-state index >= 15 is 0 Å². The number of nitrogens with zero attached hydrogens (tertiary/aromatic N) is 2. The molecule has 0 aliphatic rings. The molecule has 4 nitrogen and oxygen atoms in total. The molecule has 132 valence electrons. The number of ether oxygens (including phenoxy) is 1. The summed E-state index contributed by atoms with van der Waals surface area (Å²) in [6.45, 7) is 3.80. The molecule has 1 heterocycles. The Bertz CT molecular complexity index is 939. The highest BCUT2D eigenvalue weighted by Crippen LogP contribution is 2.30. The van der Waals surface area contributed by atoms with Crippen molar-refractivity contribution in [1.82, 2.24) is 9.97 Å². The van der Waals surface area contributed by atoms with Gasteiger partial charge in [0.2, 0.25) is 0 Å². The highest BCUT2D eigenvalue weighted by Gasteiger charge is 2.21. The van der Waals surface area contributed by atoms with Gasteiger partial charge in [0, 0.05) is 21.2 Å². The third-order valence-electron chi connectivity index (χ3n) is 3.74. The maximum Gasteiger partial charge on any atom is 0.342 e. The molecular weight excluding hydrogens is 371 g/mol. The van der Waals surface area contributed by atoms with Crippen molar-refractivity contribution < 1.29 is 9.53 Å². The highest BCUT2D eigenvalue weighted by atomic mass is 35.5. The van der Waals surface area contributed by atoms with Gasteiger partial charge in [-0.1, -0.05) is 53.5 Å². The van der Waals surface area contributed by atoms with Crippen molar-refractivity contribution in [2.75, 3.05) is 6.61 Å². The summed E-state index contributed by atoms with van der Waals surface area (Å²) in [4.78, 5) is 21.6. The predicted molar refractivity (Wildman–Crippen MR) is 104 cm³/mol. The third kappa shape index (κ3) is 3.87. The molecule has 0 unspecified atom stereocenters. The zero-order chi connectivity index (χ0) is 18.7. The highest BCUT2D eigenvalue weighted by molar-refractivity contribution is 6.35. The average Bonchev–Trinajstić information content (AvgIpc) is 2.61. The van der Waals surface area contributed by atoms with E-state index < -0.39 is 5.97 Å². The molecule has 0 aliphatic heterocycles. The van der Waals surface area contributed by atoms with E-state index in [9.17, 15) is 4.79 Å². The number of aromatic nitrogens is 2. The number of hydrogen-bond acceptors (Lipinski definition) is 4. The average molecular weight is 387 g/mol. The van der Waals surface area contributed by atoms with Crippen molar-refractivity contribution in [2.24, 2.45) is 0 Å². The zero-order valence-corrected chi connectivity index (χ0v) is 15.8. The van der Waals surface area contributed by atoms with Gasteiger partial charge in [-0.05, 0) is 32.0 Å². The van der Waals surface area contributed by atoms with Gasteiger partial charge in [0.1, 0.15) is 5.56 Å². The maximum absolute atomic E-state index is 12.5. The topological polar surface area (TPSA) is 52.1 Å². The molecule has 0 fully saturated rings. The summed E-state index contributed by atoms with van der Waals surface area (Å²) in [7, 11) is 0. The van der Waals surface area contributed by atoms with Crippen molar-refractivity contribution in [3.05, 3.63) is 69.8 Å². The van der Waals surface area contributed by atoms with Crippen LogP contribution in [-0.2, 0) is 4.74 Å². The van der Waals surface area contributed by atoms with Gasteiger partial charge in [-0.3, -0.25) is 0 Å². The molecule has 0 bridgehead atoms. The van der Waals surface area contributed by atoms with E-state index in [2.05, 4.69) is 9.97 Å². The van der Waals surface area contributed by atoms with Gasteiger partial charge in [-0.15, -0.1) is 0 Å².